The van der Waals surface area contributed by atoms with Crippen LogP contribution in [0.15, 0.2) is 30.6 Å². The van der Waals surface area contributed by atoms with Crippen LogP contribution in [0, 0.1) is 0 Å². The number of hydrogen-bond donors (Lipinski definition) is 4. The fourth-order valence-corrected chi connectivity index (χ4v) is 4.27. The molecule has 5 unspecified atom stereocenters. The first-order chi connectivity index (χ1) is 16.2. The molecular formula is C22H20O12. The summed E-state index contributed by atoms with van der Waals surface area (Å²) in [6, 6.07) is 2.40. The summed E-state index contributed by atoms with van der Waals surface area (Å²) in [5.74, 6) is -0.816. The van der Waals surface area contributed by atoms with E-state index >= 15 is 0 Å². The number of phenolic OH excluding ortho intramolecular Hbond substituents is 1. The van der Waals surface area contributed by atoms with Crippen LogP contribution in [0.2, 0.25) is 0 Å². The van der Waals surface area contributed by atoms with Crippen LogP contribution >= 0.6 is 0 Å². The van der Waals surface area contributed by atoms with E-state index in [1.165, 1.54) is 27.2 Å². The van der Waals surface area contributed by atoms with Gasteiger partial charge in [0.25, 0.3) is 0 Å². The van der Waals surface area contributed by atoms with E-state index in [9.17, 15) is 30.0 Å². The molecule has 0 radical (unpaired) electrons. The second kappa shape index (κ2) is 7.74. The molecule has 34 heavy (non-hydrogen) atoms. The van der Waals surface area contributed by atoms with Crippen molar-refractivity contribution in [1.82, 2.24) is 0 Å². The number of ether oxygens (including phenoxy) is 4. The average Bonchev–Trinajstić information content (AvgIpc) is 2.80. The smallest absolute Gasteiger partial charge is 0.344 e. The third-order valence-corrected chi connectivity index (χ3v) is 5.96. The van der Waals surface area contributed by atoms with Crippen molar-refractivity contribution >= 4 is 32.7 Å². The lowest BCUT2D eigenvalue weighted by Gasteiger charge is -2.39. The molecule has 0 spiro atoms. The fourth-order valence-electron chi connectivity index (χ4n) is 4.27. The van der Waals surface area contributed by atoms with E-state index in [1.54, 1.807) is 0 Å². The Hall–Kier alpha value is -3.58. The summed E-state index contributed by atoms with van der Waals surface area (Å²) in [6.07, 6.45) is -6.89. The molecule has 4 N–H and O–H groups in total. The second-order valence-electron chi connectivity index (χ2n) is 7.92. The molecule has 2 aromatic carbocycles. The Morgan fingerprint density at radius 3 is 1.97 bits per heavy atom. The molecule has 0 saturated carbocycles. The van der Waals surface area contributed by atoms with Crippen LogP contribution in [-0.4, -0.2) is 65.4 Å². The molecule has 12 heteroatoms. The molecule has 0 bridgehead atoms. The van der Waals surface area contributed by atoms with E-state index in [4.69, 9.17) is 27.8 Å². The van der Waals surface area contributed by atoms with Crippen molar-refractivity contribution in [3.05, 3.63) is 33.0 Å². The Labute approximate surface area is 189 Å². The lowest BCUT2D eigenvalue weighted by Crippen LogP contribution is -2.58. The summed E-state index contributed by atoms with van der Waals surface area (Å²) in [5.41, 5.74) is -2.03. The average molecular weight is 476 g/mol. The second-order valence-corrected chi connectivity index (χ2v) is 7.92. The maximum atomic E-state index is 12.9. The van der Waals surface area contributed by atoms with Crippen molar-refractivity contribution in [2.75, 3.05) is 14.2 Å². The maximum Gasteiger partial charge on any atom is 0.344 e. The van der Waals surface area contributed by atoms with Gasteiger partial charge >= 0.3 is 11.3 Å². The van der Waals surface area contributed by atoms with Crippen LogP contribution in [-0.2, 0) is 4.74 Å². The Kier molecular flexibility index (Phi) is 5.06. The normalized spacial score (nSPS) is 25.3. The summed E-state index contributed by atoms with van der Waals surface area (Å²) in [6.45, 7) is 1.48. The Morgan fingerprint density at radius 2 is 1.38 bits per heavy atom. The van der Waals surface area contributed by atoms with Crippen LogP contribution in [0.1, 0.15) is 6.92 Å². The zero-order valence-electron chi connectivity index (χ0n) is 18.1. The van der Waals surface area contributed by atoms with Crippen LogP contribution in [0.4, 0.5) is 0 Å². The monoisotopic (exact) mass is 476 g/mol. The van der Waals surface area contributed by atoms with Gasteiger partial charge in [0.2, 0.25) is 17.8 Å². The minimum absolute atomic E-state index is 0.0535. The highest BCUT2D eigenvalue weighted by Crippen LogP contribution is 2.46. The topological polar surface area (TPSA) is 178 Å². The number of methoxy groups -OCH3 is 2. The standard InChI is InChI=1S/C22H20O12/c1-6-13(24)14(25)15(26)22(31-6)32-10-5-8-12-11-7(20(27)34-19(12)17(10)30-3)4-9(23)16(29-2)18(11)33-21(8)28/h4-6,13-15,22-26H,1-3H3. The van der Waals surface area contributed by atoms with Gasteiger partial charge in [-0.3, -0.25) is 0 Å². The van der Waals surface area contributed by atoms with E-state index in [-0.39, 0.29) is 50.0 Å². The predicted octanol–water partition coefficient (Wildman–Crippen LogP) is 0.419. The molecular weight excluding hydrogens is 456 g/mol. The van der Waals surface area contributed by atoms with Crippen molar-refractivity contribution in [3.8, 4) is 23.0 Å². The first-order valence-corrected chi connectivity index (χ1v) is 10.2. The molecule has 12 nitrogen and oxygen atoms in total. The summed E-state index contributed by atoms with van der Waals surface area (Å²) in [4.78, 5) is 25.7. The van der Waals surface area contributed by atoms with Crippen molar-refractivity contribution in [2.45, 2.75) is 37.6 Å². The first-order valence-electron chi connectivity index (χ1n) is 10.2. The van der Waals surface area contributed by atoms with Gasteiger partial charge in [-0.1, -0.05) is 0 Å². The van der Waals surface area contributed by atoms with Gasteiger partial charge in [0, 0.05) is 10.8 Å². The number of aliphatic hydroxyl groups is 3. The van der Waals surface area contributed by atoms with Crippen LogP contribution in [0.3, 0.4) is 0 Å². The van der Waals surface area contributed by atoms with Crippen LogP contribution in [0.25, 0.3) is 32.7 Å². The third-order valence-electron chi connectivity index (χ3n) is 5.96. The highest BCUT2D eigenvalue weighted by molar-refractivity contribution is 6.22. The van der Waals surface area contributed by atoms with Gasteiger partial charge < -0.3 is 48.2 Å². The molecule has 3 heterocycles. The Morgan fingerprint density at radius 1 is 0.824 bits per heavy atom. The molecule has 1 aliphatic rings. The van der Waals surface area contributed by atoms with Gasteiger partial charge in [0.1, 0.15) is 18.3 Å². The van der Waals surface area contributed by atoms with E-state index in [0.717, 1.165) is 6.07 Å². The maximum absolute atomic E-state index is 12.9. The van der Waals surface area contributed by atoms with E-state index in [1.807, 2.05) is 0 Å². The zero-order chi connectivity index (χ0) is 24.5. The Bertz CT molecular complexity index is 1520. The molecule has 1 saturated heterocycles. The van der Waals surface area contributed by atoms with Crippen molar-refractivity contribution in [2.24, 2.45) is 0 Å². The van der Waals surface area contributed by atoms with E-state index < -0.39 is 47.7 Å². The van der Waals surface area contributed by atoms with Crippen LogP contribution in [0.5, 0.6) is 23.0 Å². The van der Waals surface area contributed by atoms with Gasteiger partial charge in [0.15, 0.2) is 22.7 Å². The molecule has 0 amide bonds. The van der Waals surface area contributed by atoms with Crippen molar-refractivity contribution < 1.29 is 48.2 Å². The van der Waals surface area contributed by atoms with Crippen LogP contribution < -0.4 is 25.5 Å². The number of aromatic hydroxyl groups is 1. The molecule has 1 aliphatic heterocycles. The highest BCUT2D eigenvalue weighted by atomic mass is 16.7. The summed E-state index contributed by atoms with van der Waals surface area (Å²) in [5, 5.41) is 40.7. The number of benzene rings is 2. The molecule has 4 aromatic rings. The minimum Gasteiger partial charge on any atom is -0.504 e. The predicted molar refractivity (Wildman–Crippen MR) is 115 cm³/mol. The molecule has 1 fully saturated rings. The highest BCUT2D eigenvalue weighted by Gasteiger charge is 2.43. The molecule has 5 atom stereocenters. The quantitative estimate of drug-likeness (QED) is 0.236. The zero-order valence-corrected chi connectivity index (χ0v) is 18.1. The lowest BCUT2D eigenvalue weighted by atomic mass is 10.00. The number of phenols is 1. The minimum atomic E-state index is -1.64. The Balaban J connectivity index is 1.80. The number of rotatable bonds is 4. The van der Waals surface area contributed by atoms with Gasteiger partial charge in [-0.15, -0.1) is 0 Å². The molecule has 0 aliphatic carbocycles. The molecule has 180 valence electrons. The first kappa shape index (κ1) is 22.2. The van der Waals surface area contributed by atoms with Gasteiger partial charge in [-0.25, -0.2) is 9.59 Å². The summed E-state index contributed by atoms with van der Waals surface area (Å²) in [7, 11) is 2.54. The van der Waals surface area contributed by atoms with E-state index in [2.05, 4.69) is 0 Å². The van der Waals surface area contributed by atoms with Gasteiger partial charge in [-0.05, 0) is 19.1 Å². The molecule has 5 rings (SSSR count). The van der Waals surface area contributed by atoms with Gasteiger partial charge in [-0.2, -0.15) is 0 Å². The number of aliphatic hydroxyl groups excluding tert-OH is 3. The third kappa shape index (κ3) is 3.00. The largest absolute Gasteiger partial charge is 0.504 e. The van der Waals surface area contributed by atoms with E-state index in [0.29, 0.717) is 0 Å². The summed E-state index contributed by atoms with van der Waals surface area (Å²) < 4.78 is 32.6. The molecule has 2 aromatic heterocycles. The number of hydrogen-bond acceptors (Lipinski definition) is 12. The SMILES string of the molecule is COc1c(O)cc2c(=O)oc3c(OC)c(OC4OC(C)C(O)C(O)C4O)cc4c(=O)oc1c2c34. The van der Waals surface area contributed by atoms with Crippen molar-refractivity contribution in [1.29, 1.82) is 0 Å². The van der Waals surface area contributed by atoms with Crippen molar-refractivity contribution in [3.63, 3.8) is 0 Å². The fraction of sp³-hybridized carbons (Fsp3) is 0.364. The van der Waals surface area contributed by atoms with Gasteiger partial charge in [0.05, 0.1) is 31.1 Å². The summed E-state index contributed by atoms with van der Waals surface area (Å²) >= 11 is 0. The lowest BCUT2D eigenvalue weighted by molar-refractivity contribution is -0.268.